The molecule has 0 aliphatic heterocycles. The molecule has 0 amide bonds. The lowest BCUT2D eigenvalue weighted by Crippen LogP contribution is -2.50. The van der Waals surface area contributed by atoms with Gasteiger partial charge in [-0.2, -0.15) is 0 Å². The summed E-state index contributed by atoms with van der Waals surface area (Å²) in [4.78, 5) is 0. The van der Waals surface area contributed by atoms with Crippen LogP contribution in [0.25, 0.3) is 0 Å². The molecule has 0 saturated heterocycles. The highest BCUT2D eigenvalue weighted by molar-refractivity contribution is 4.91. The highest BCUT2D eigenvalue weighted by atomic mass is 16.5. The van der Waals surface area contributed by atoms with Crippen molar-refractivity contribution in [3.8, 4) is 0 Å². The van der Waals surface area contributed by atoms with Crippen LogP contribution in [-0.4, -0.2) is 25.8 Å². The summed E-state index contributed by atoms with van der Waals surface area (Å²) in [5, 5.41) is 3.67. The smallest absolute Gasteiger partial charge is 0.0758 e. The predicted molar refractivity (Wildman–Crippen MR) is 90.5 cm³/mol. The minimum absolute atomic E-state index is 0.433. The number of ether oxygens (including phenoxy) is 1. The molecule has 2 heteroatoms. The van der Waals surface area contributed by atoms with Gasteiger partial charge in [0, 0.05) is 12.6 Å². The summed E-state index contributed by atoms with van der Waals surface area (Å²) in [7, 11) is 2.16. The van der Waals surface area contributed by atoms with Crippen LogP contribution in [0.4, 0.5) is 0 Å². The van der Waals surface area contributed by atoms with Crippen LogP contribution in [0.15, 0.2) is 0 Å². The van der Waals surface area contributed by atoms with Crippen LogP contribution in [-0.2, 0) is 4.74 Å². The van der Waals surface area contributed by atoms with Gasteiger partial charge in [-0.05, 0) is 69.7 Å². The van der Waals surface area contributed by atoms with Gasteiger partial charge in [0.25, 0.3) is 0 Å². The third-order valence-electron chi connectivity index (χ3n) is 5.88. The minimum Gasteiger partial charge on any atom is -0.377 e. The summed E-state index contributed by atoms with van der Waals surface area (Å²) in [5.74, 6) is 3.34. The van der Waals surface area contributed by atoms with E-state index in [-0.39, 0.29) is 0 Å². The molecule has 2 nitrogen and oxygen atoms in total. The fraction of sp³-hybridized carbons (Fsp3) is 1.00. The summed E-state index contributed by atoms with van der Waals surface area (Å²) in [6, 6.07) is 0.554. The van der Waals surface area contributed by atoms with Gasteiger partial charge in [0.1, 0.15) is 0 Å². The zero-order valence-corrected chi connectivity index (χ0v) is 14.7. The van der Waals surface area contributed by atoms with E-state index in [0.717, 1.165) is 30.3 Å². The molecule has 2 aliphatic rings. The Morgan fingerprint density at radius 1 is 0.952 bits per heavy atom. The largest absolute Gasteiger partial charge is 0.377 e. The van der Waals surface area contributed by atoms with Crippen molar-refractivity contribution in [3.63, 3.8) is 0 Å². The molecule has 0 aromatic heterocycles. The Morgan fingerprint density at radius 2 is 1.57 bits per heavy atom. The van der Waals surface area contributed by atoms with E-state index >= 15 is 0 Å². The molecular formula is C19H37NO. The molecule has 0 heterocycles. The summed E-state index contributed by atoms with van der Waals surface area (Å²) in [6.07, 6.45) is 11.6. The molecule has 2 aliphatic carbocycles. The normalized spacial score (nSPS) is 34.6. The van der Waals surface area contributed by atoms with Gasteiger partial charge in [-0.25, -0.2) is 0 Å². The van der Waals surface area contributed by atoms with E-state index in [9.17, 15) is 0 Å². The average molecular weight is 296 g/mol. The average Bonchev–Trinajstić information content (AvgIpc) is 2.47. The molecule has 0 aromatic carbocycles. The van der Waals surface area contributed by atoms with Crippen molar-refractivity contribution in [1.82, 2.24) is 5.32 Å². The third kappa shape index (κ3) is 4.69. The predicted octanol–water partition coefficient (Wildman–Crippen LogP) is 4.63. The Morgan fingerprint density at radius 3 is 2.10 bits per heavy atom. The Labute approximate surface area is 132 Å². The van der Waals surface area contributed by atoms with Gasteiger partial charge in [0.15, 0.2) is 0 Å². The fourth-order valence-corrected chi connectivity index (χ4v) is 5.16. The Hall–Kier alpha value is -0.0800. The number of likely N-dealkylation sites (N-methyl/N-ethyl adjacent to an activating group) is 1. The first-order valence-corrected chi connectivity index (χ1v) is 9.44. The Kier molecular flexibility index (Phi) is 7.01. The molecule has 2 saturated carbocycles. The van der Waals surface area contributed by atoms with Crippen LogP contribution < -0.4 is 5.32 Å². The molecule has 4 atom stereocenters. The van der Waals surface area contributed by atoms with Gasteiger partial charge in [-0.1, -0.05) is 33.1 Å². The van der Waals surface area contributed by atoms with Crippen molar-refractivity contribution in [2.75, 3.05) is 13.7 Å². The number of hydrogen-bond acceptors (Lipinski definition) is 2. The maximum absolute atomic E-state index is 6.30. The lowest BCUT2D eigenvalue weighted by atomic mass is 9.70. The van der Waals surface area contributed by atoms with Crippen molar-refractivity contribution in [2.45, 2.75) is 84.3 Å². The molecule has 2 fully saturated rings. The molecule has 124 valence electrons. The summed E-state index contributed by atoms with van der Waals surface area (Å²) < 4.78 is 6.30. The van der Waals surface area contributed by atoms with Crippen molar-refractivity contribution in [2.24, 2.45) is 23.7 Å². The van der Waals surface area contributed by atoms with E-state index in [1.54, 1.807) is 0 Å². The van der Waals surface area contributed by atoms with Gasteiger partial charge < -0.3 is 10.1 Å². The van der Waals surface area contributed by atoms with Crippen LogP contribution in [0.1, 0.15) is 72.1 Å². The molecule has 1 N–H and O–H groups in total. The second kappa shape index (κ2) is 8.53. The second-order valence-electron chi connectivity index (χ2n) is 7.81. The van der Waals surface area contributed by atoms with Crippen LogP contribution in [0.2, 0.25) is 0 Å². The van der Waals surface area contributed by atoms with Crippen molar-refractivity contribution in [3.05, 3.63) is 0 Å². The zero-order chi connectivity index (χ0) is 15.2. The molecule has 0 radical (unpaired) electrons. The third-order valence-corrected chi connectivity index (χ3v) is 5.88. The fourth-order valence-electron chi connectivity index (χ4n) is 5.16. The first kappa shape index (κ1) is 17.3. The number of rotatable bonds is 6. The van der Waals surface area contributed by atoms with Gasteiger partial charge >= 0.3 is 0 Å². The van der Waals surface area contributed by atoms with Crippen molar-refractivity contribution in [1.29, 1.82) is 0 Å². The minimum atomic E-state index is 0.433. The summed E-state index contributed by atoms with van der Waals surface area (Å²) in [6.45, 7) is 7.89. The lowest BCUT2D eigenvalue weighted by Gasteiger charge is -2.43. The lowest BCUT2D eigenvalue weighted by molar-refractivity contribution is -0.0385. The quantitative estimate of drug-likeness (QED) is 0.771. The Bertz CT molecular complexity index is 277. The van der Waals surface area contributed by atoms with E-state index in [0.29, 0.717) is 12.1 Å². The molecular weight excluding hydrogens is 258 g/mol. The zero-order valence-electron chi connectivity index (χ0n) is 14.7. The summed E-state index contributed by atoms with van der Waals surface area (Å²) in [5.41, 5.74) is 0. The van der Waals surface area contributed by atoms with Crippen LogP contribution in [0, 0.1) is 23.7 Å². The molecule has 2 rings (SSSR count). The molecule has 0 spiro atoms. The van der Waals surface area contributed by atoms with Gasteiger partial charge in [-0.15, -0.1) is 0 Å². The van der Waals surface area contributed by atoms with E-state index in [1.807, 2.05) is 0 Å². The number of hydrogen-bond donors (Lipinski definition) is 1. The van der Waals surface area contributed by atoms with E-state index in [1.165, 1.54) is 51.4 Å². The standard InChI is InChI=1S/C19H37NO/c1-5-21-19(16-9-7-6-8-10-16)18(20-4)17-12-14(2)11-15(3)13-17/h14-20H,5-13H2,1-4H3. The SMILES string of the molecule is CCOC(C1CCCCC1)C(NC)C1CC(C)CC(C)C1. The highest BCUT2D eigenvalue weighted by Crippen LogP contribution is 2.39. The van der Waals surface area contributed by atoms with Gasteiger partial charge in [0.2, 0.25) is 0 Å². The highest BCUT2D eigenvalue weighted by Gasteiger charge is 2.37. The van der Waals surface area contributed by atoms with E-state index < -0.39 is 0 Å². The molecule has 21 heavy (non-hydrogen) atoms. The first-order valence-electron chi connectivity index (χ1n) is 9.44. The van der Waals surface area contributed by atoms with Gasteiger partial charge in [0.05, 0.1) is 6.10 Å². The maximum Gasteiger partial charge on any atom is 0.0758 e. The van der Waals surface area contributed by atoms with Gasteiger partial charge in [-0.3, -0.25) is 0 Å². The van der Waals surface area contributed by atoms with Crippen molar-refractivity contribution < 1.29 is 4.74 Å². The van der Waals surface area contributed by atoms with E-state index in [4.69, 9.17) is 4.74 Å². The van der Waals surface area contributed by atoms with Crippen LogP contribution in [0.3, 0.4) is 0 Å². The van der Waals surface area contributed by atoms with Crippen LogP contribution >= 0.6 is 0 Å². The second-order valence-corrected chi connectivity index (χ2v) is 7.81. The Balaban J connectivity index is 2.06. The molecule has 0 bridgehead atoms. The molecule has 0 aromatic rings. The van der Waals surface area contributed by atoms with Crippen LogP contribution in [0.5, 0.6) is 0 Å². The van der Waals surface area contributed by atoms with E-state index in [2.05, 4.69) is 33.1 Å². The maximum atomic E-state index is 6.30. The topological polar surface area (TPSA) is 21.3 Å². The first-order chi connectivity index (χ1) is 10.2. The monoisotopic (exact) mass is 295 g/mol. The number of nitrogens with one attached hydrogen (secondary N) is 1. The summed E-state index contributed by atoms with van der Waals surface area (Å²) >= 11 is 0. The van der Waals surface area contributed by atoms with Crippen molar-refractivity contribution >= 4 is 0 Å². The molecule has 4 unspecified atom stereocenters.